The molecule has 0 unspecified atom stereocenters. The van der Waals surface area contributed by atoms with Crippen LogP contribution in [0.15, 0.2) is 30.7 Å². The summed E-state index contributed by atoms with van der Waals surface area (Å²) in [5.41, 5.74) is 1.21. The fourth-order valence-electron chi connectivity index (χ4n) is 2.96. The van der Waals surface area contributed by atoms with Gasteiger partial charge < -0.3 is 5.32 Å². The van der Waals surface area contributed by atoms with Gasteiger partial charge in [0.15, 0.2) is 0 Å². The lowest BCUT2D eigenvalue weighted by molar-refractivity contribution is -0.121. The van der Waals surface area contributed by atoms with Crippen LogP contribution < -0.4 is 5.32 Å². The second-order valence-corrected chi connectivity index (χ2v) is 6.33. The van der Waals surface area contributed by atoms with Gasteiger partial charge in [-0.15, -0.1) is 0 Å². The Labute approximate surface area is 140 Å². The molecule has 0 aliphatic carbocycles. The first-order chi connectivity index (χ1) is 11.1. The van der Waals surface area contributed by atoms with Gasteiger partial charge in [0.25, 0.3) is 0 Å². The summed E-state index contributed by atoms with van der Waals surface area (Å²) < 4.78 is 0. The molecule has 1 aliphatic heterocycles. The van der Waals surface area contributed by atoms with E-state index < -0.39 is 0 Å². The average molecular weight is 334 g/mol. The van der Waals surface area contributed by atoms with Gasteiger partial charge >= 0.3 is 0 Å². The molecule has 2 aromatic heterocycles. The maximum absolute atomic E-state index is 12.4. The number of H-pyrrole nitrogens is 1. The number of amides is 1. The van der Waals surface area contributed by atoms with Crippen LogP contribution in [0, 0.1) is 0 Å². The SMILES string of the molecule is C[C@@H](C(=O)Nc1ccc(Cl)cn1)N1CCC[C@@H](c2cn[nH]c2)C1. The smallest absolute Gasteiger partial charge is 0.242 e. The molecule has 2 N–H and O–H groups in total. The highest BCUT2D eigenvalue weighted by molar-refractivity contribution is 6.30. The Hall–Kier alpha value is -1.92. The van der Waals surface area contributed by atoms with Crippen LogP contribution in [0.1, 0.15) is 31.2 Å². The standard InChI is InChI=1S/C16H20ClN5O/c1-11(16(23)21-15-5-4-14(17)9-18-15)22-6-2-3-12(10-22)13-7-19-20-8-13/h4-5,7-9,11-12H,2-3,6,10H2,1H3,(H,19,20)(H,18,21,23)/t11-,12+/m0/s1. The van der Waals surface area contributed by atoms with Crippen LogP contribution in [0.5, 0.6) is 0 Å². The second kappa shape index (κ2) is 7.10. The predicted molar refractivity (Wildman–Crippen MR) is 89.5 cm³/mol. The largest absolute Gasteiger partial charge is 0.309 e. The van der Waals surface area contributed by atoms with E-state index >= 15 is 0 Å². The van der Waals surface area contributed by atoms with E-state index in [1.165, 1.54) is 11.8 Å². The molecule has 0 spiro atoms. The lowest BCUT2D eigenvalue weighted by Crippen LogP contribution is -2.46. The number of halogens is 1. The first-order valence-electron chi connectivity index (χ1n) is 7.78. The number of aromatic nitrogens is 3. The van der Waals surface area contributed by atoms with Gasteiger partial charge in [-0.25, -0.2) is 4.98 Å². The fourth-order valence-corrected chi connectivity index (χ4v) is 3.07. The molecule has 0 saturated carbocycles. The molecule has 0 bridgehead atoms. The zero-order valence-electron chi connectivity index (χ0n) is 13.0. The van der Waals surface area contributed by atoms with Crippen LogP contribution in [0.3, 0.4) is 0 Å². The molecule has 1 amide bonds. The first kappa shape index (κ1) is 16.0. The Bertz CT molecular complexity index is 643. The third-order valence-corrected chi connectivity index (χ3v) is 4.57. The van der Waals surface area contributed by atoms with E-state index in [2.05, 4.69) is 25.4 Å². The van der Waals surface area contributed by atoms with Gasteiger partial charge in [0, 0.05) is 18.9 Å². The van der Waals surface area contributed by atoms with E-state index in [-0.39, 0.29) is 11.9 Å². The molecule has 2 atom stereocenters. The Morgan fingerprint density at radius 1 is 1.48 bits per heavy atom. The van der Waals surface area contributed by atoms with E-state index in [1.54, 1.807) is 12.1 Å². The number of nitrogens with zero attached hydrogens (tertiary/aromatic N) is 3. The quantitative estimate of drug-likeness (QED) is 0.902. The van der Waals surface area contributed by atoms with Crippen molar-refractivity contribution in [3.63, 3.8) is 0 Å². The molecule has 7 heteroatoms. The maximum Gasteiger partial charge on any atom is 0.242 e. The first-order valence-corrected chi connectivity index (χ1v) is 8.16. The van der Waals surface area contributed by atoms with Crippen molar-refractivity contribution in [2.75, 3.05) is 18.4 Å². The molecule has 1 saturated heterocycles. The highest BCUT2D eigenvalue weighted by Crippen LogP contribution is 2.27. The highest BCUT2D eigenvalue weighted by atomic mass is 35.5. The number of hydrogen-bond donors (Lipinski definition) is 2. The van der Waals surface area contributed by atoms with Gasteiger partial charge in [0.2, 0.25) is 5.91 Å². The van der Waals surface area contributed by atoms with Crippen molar-refractivity contribution in [3.05, 3.63) is 41.3 Å². The van der Waals surface area contributed by atoms with Crippen molar-refractivity contribution in [2.45, 2.75) is 31.7 Å². The van der Waals surface area contributed by atoms with Crippen molar-refractivity contribution in [1.82, 2.24) is 20.1 Å². The minimum absolute atomic E-state index is 0.0485. The number of anilines is 1. The molecule has 6 nitrogen and oxygen atoms in total. The van der Waals surface area contributed by atoms with Crippen molar-refractivity contribution >= 4 is 23.3 Å². The lowest BCUT2D eigenvalue weighted by atomic mass is 9.92. The zero-order valence-corrected chi connectivity index (χ0v) is 13.8. The van der Waals surface area contributed by atoms with Crippen LogP contribution in [-0.2, 0) is 4.79 Å². The minimum atomic E-state index is -0.206. The summed E-state index contributed by atoms with van der Waals surface area (Å²) in [5.74, 6) is 0.897. The Morgan fingerprint density at radius 3 is 3.04 bits per heavy atom. The molecule has 3 rings (SSSR count). The summed E-state index contributed by atoms with van der Waals surface area (Å²) >= 11 is 5.81. The fraction of sp³-hybridized carbons (Fsp3) is 0.438. The summed E-state index contributed by atoms with van der Waals surface area (Å²) in [5, 5.41) is 10.3. The molecule has 23 heavy (non-hydrogen) atoms. The molecule has 0 radical (unpaired) electrons. The number of likely N-dealkylation sites (tertiary alicyclic amines) is 1. The number of carbonyl (C=O) groups excluding carboxylic acids is 1. The van der Waals surface area contributed by atoms with Crippen LogP contribution >= 0.6 is 11.6 Å². The van der Waals surface area contributed by atoms with Crippen LogP contribution in [0.25, 0.3) is 0 Å². The molecule has 1 fully saturated rings. The molecule has 1 aliphatic rings. The zero-order chi connectivity index (χ0) is 16.2. The average Bonchev–Trinajstić information content (AvgIpc) is 3.11. The van der Waals surface area contributed by atoms with E-state index in [0.717, 1.165) is 25.9 Å². The van der Waals surface area contributed by atoms with E-state index in [0.29, 0.717) is 16.8 Å². The number of hydrogen-bond acceptors (Lipinski definition) is 4. The number of rotatable bonds is 4. The normalized spacial score (nSPS) is 20.2. The molecular formula is C16H20ClN5O. The van der Waals surface area contributed by atoms with Crippen LogP contribution in [-0.4, -0.2) is 45.1 Å². The van der Waals surface area contributed by atoms with Gasteiger partial charge in [-0.3, -0.25) is 14.8 Å². The topological polar surface area (TPSA) is 73.9 Å². The van der Waals surface area contributed by atoms with Gasteiger partial charge in [-0.1, -0.05) is 11.6 Å². The van der Waals surface area contributed by atoms with Gasteiger partial charge in [-0.05, 0) is 49.9 Å². The number of piperidine rings is 1. The summed E-state index contributed by atoms with van der Waals surface area (Å²) in [4.78, 5) is 18.8. The van der Waals surface area contributed by atoms with Gasteiger partial charge in [0.1, 0.15) is 5.82 Å². The molecular weight excluding hydrogens is 314 g/mol. The van der Waals surface area contributed by atoms with Crippen LogP contribution in [0.2, 0.25) is 5.02 Å². The molecule has 3 heterocycles. The lowest BCUT2D eigenvalue weighted by Gasteiger charge is -2.35. The number of nitrogens with one attached hydrogen (secondary N) is 2. The number of carbonyl (C=O) groups is 1. The van der Waals surface area contributed by atoms with Gasteiger partial charge in [0.05, 0.1) is 17.3 Å². The molecule has 2 aromatic rings. The van der Waals surface area contributed by atoms with Crippen molar-refractivity contribution in [3.8, 4) is 0 Å². The second-order valence-electron chi connectivity index (χ2n) is 5.89. The van der Waals surface area contributed by atoms with Crippen molar-refractivity contribution in [2.24, 2.45) is 0 Å². The Morgan fingerprint density at radius 2 is 2.35 bits per heavy atom. The summed E-state index contributed by atoms with van der Waals surface area (Å²) in [7, 11) is 0. The van der Waals surface area contributed by atoms with Crippen molar-refractivity contribution in [1.29, 1.82) is 0 Å². The van der Waals surface area contributed by atoms with Crippen LogP contribution in [0.4, 0.5) is 5.82 Å². The van der Waals surface area contributed by atoms with E-state index in [9.17, 15) is 4.79 Å². The highest BCUT2D eigenvalue weighted by Gasteiger charge is 2.28. The summed E-state index contributed by atoms with van der Waals surface area (Å²) in [6.07, 6.45) is 7.54. The van der Waals surface area contributed by atoms with Gasteiger partial charge in [-0.2, -0.15) is 5.10 Å². The summed E-state index contributed by atoms with van der Waals surface area (Å²) in [6, 6.07) is 3.21. The van der Waals surface area contributed by atoms with E-state index in [1.807, 2.05) is 19.3 Å². The molecule has 122 valence electrons. The number of pyridine rings is 1. The third kappa shape index (κ3) is 3.89. The predicted octanol–water partition coefficient (Wildman–Crippen LogP) is 2.66. The van der Waals surface area contributed by atoms with Crippen molar-refractivity contribution < 1.29 is 4.79 Å². The minimum Gasteiger partial charge on any atom is -0.309 e. The molecule has 0 aromatic carbocycles. The maximum atomic E-state index is 12.4. The monoisotopic (exact) mass is 333 g/mol. The third-order valence-electron chi connectivity index (χ3n) is 4.35. The number of aromatic amines is 1. The summed E-state index contributed by atoms with van der Waals surface area (Å²) in [6.45, 7) is 3.72. The Balaban J connectivity index is 1.61. The Kier molecular flexibility index (Phi) is 4.93. The van der Waals surface area contributed by atoms with E-state index in [4.69, 9.17) is 11.6 Å².